The number of carbonyl (C=O) groups is 2. The monoisotopic (exact) mass is 377 g/mol. The minimum atomic E-state index is -1.00. The van der Waals surface area contributed by atoms with Crippen molar-refractivity contribution in [3.05, 3.63) is 52.9 Å². The molecule has 1 aromatic carbocycles. The molecule has 3 rings (SSSR count). The van der Waals surface area contributed by atoms with Crippen LogP contribution in [0.25, 0.3) is 17.4 Å². The van der Waals surface area contributed by atoms with Gasteiger partial charge in [0.05, 0.1) is 16.9 Å². The molecule has 1 aromatic heterocycles. The van der Waals surface area contributed by atoms with Gasteiger partial charge in [0.1, 0.15) is 21.7 Å². The number of hydrogen-bond acceptors (Lipinski definition) is 5. The molecule has 0 atom stereocenters. The Bertz CT molecular complexity index is 890. The van der Waals surface area contributed by atoms with E-state index in [9.17, 15) is 14.0 Å². The summed E-state index contributed by atoms with van der Waals surface area (Å²) in [5.41, 5.74) is 0.330. The number of benzene rings is 1. The van der Waals surface area contributed by atoms with Gasteiger partial charge in [-0.1, -0.05) is 36.1 Å². The number of thiocarbonyl (C=S) groups is 1. The van der Waals surface area contributed by atoms with E-state index in [4.69, 9.17) is 21.7 Å². The van der Waals surface area contributed by atoms with Crippen LogP contribution >= 0.6 is 24.0 Å². The summed E-state index contributed by atoms with van der Waals surface area (Å²) in [5.74, 6) is -1.02. The van der Waals surface area contributed by atoms with Gasteiger partial charge in [0.25, 0.3) is 5.91 Å². The van der Waals surface area contributed by atoms with E-state index in [1.54, 1.807) is 30.3 Å². The van der Waals surface area contributed by atoms with Crippen LogP contribution in [-0.2, 0) is 9.59 Å². The highest BCUT2D eigenvalue weighted by Gasteiger charge is 2.32. The number of thioether (sulfide) groups is 1. The summed E-state index contributed by atoms with van der Waals surface area (Å²) in [4.78, 5) is 24.6. The van der Waals surface area contributed by atoms with Crippen LogP contribution in [0.4, 0.5) is 4.39 Å². The third-order valence-corrected chi connectivity index (χ3v) is 4.84. The number of hydrogen-bond donors (Lipinski definition) is 1. The summed E-state index contributed by atoms with van der Waals surface area (Å²) in [6.07, 6.45) is 1.34. The van der Waals surface area contributed by atoms with Gasteiger partial charge in [-0.3, -0.25) is 14.5 Å². The number of furan rings is 1. The molecule has 5 nitrogen and oxygen atoms in total. The zero-order chi connectivity index (χ0) is 18.0. The second-order valence-electron chi connectivity index (χ2n) is 5.16. The molecule has 2 aromatic rings. The quantitative estimate of drug-likeness (QED) is 0.632. The Morgan fingerprint density at radius 3 is 2.80 bits per heavy atom. The van der Waals surface area contributed by atoms with E-state index in [0.717, 1.165) is 11.8 Å². The number of carboxylic acid groups (broad SMARTS) is 1. The third kappa shape index (κ3) is 3.80. The lowest BCUT2D eigenvalue weighted by Crippen LogP contribution is -2.30. The number of carboxylic acids is 1. The Morgan fingerprint density at radius 1 is 1.32 bits per heavy atom. The summed E-state index contributed by atoms with van der Waals surface area (Å²) in [6.45, 7) is 0.0238. The lowest BCUT2D eigenvalue weighted by molar-refractivity contribution is -0.137. The average Bonchev–Trinajstić information content (AvgIpc) is 3.12. The maximum absolute atomic E-state index is 13.8. The molecule has 0 saturated carbocycles. The van der Waals surface area contributed by atoms with Crippen LogP contribution in [0, 0.1) is 5.82 Å². The molecule has 128 valence electrons. The number of nitrogens with zero attached hydrogens (tertiary/aromatic N) is 1. The average molecular weight is 377 g/mol. The van der Waals surface area contributed by atoms with Crippen molar-refractivity contribution in [1.82, 2.24) is 4.90 Å². The maximum atomic E-state index is 13.8. The van der Waals surface area contributed by atoms with E-state index < -0.39 is 11.8 Å². The van der Waals surface area contributed by atoms with Crippen LogP contribution in [0.3, 0.4) is 0 Å². The van der Waals surface area contributed by atoms with Crippen molar-refractivity contribution in [2.75, 3.05) is 6.54 Å². The van der Waals surface area contributed by atoms with Crippen molar-refractivity contribution >= 4 is 46.3 Å². The van der Waals surface area contributed by atoms with Gasteiger partial charge in [0, 0.05) is 12.6 Å². The highest BCUT2D eigenvalue weighted by Crippen LogP contribution is 2.34. The molecule has 1 aliphatic heterocycles. The minimum Gasteiger partial charge on any atom is -0.481 e. The first-order chi connectivity index (χ1) is 12.0. The molecule has 1 fully saturated rings. The fourth-order valence-electron chi connectivity index (χ4n) is 2.27. The largest absolute Gasteiger partial charge is 0.481 e. The third-order valence-electron chi connectivity index (χ3n) is 3.46. The van der Waals surface area contributed by atoms with Crippen molar-refractivity contribution in [2.24, 2.45) is 0 Å². The van der Waals surface area contributed by atoms with Gasteiger partial charge in [-0.05, 0) is 24.3 Å². The standard InChI is InChI=1S/C17H12FNO4S2/c18-12-4-2-1-3-11(12)13-6-5-10(23-13)9-14-16(22)19(17(24)25-14)8-7-15(20)21/h1-6,9H,7-8H2,(H,20,21)/b14-9+. The molecule has 1 aliphatic rings. The summed E-state index contributed by atoms with van der Waals surface area (Å²) < 4.78 is 19.7. The van der Waals surface area contributed by atoms with Crippen molar-refractivity contribution in [3.63, 3.8) is 0 Å². The van der Waals surface area contributed by atoms with Crippen molar-refractivity contribution in [3.8, 4) is 11.3 Å². The molecule has 0 unspecified atom stereocenters. The summed E-state index contributed by atoms with van der Waals surface area (Å²) in [5, 5.41) is 8.73. The second kappa shape index (κ2) is 7.20. The van der Waals surface area contributed by atoms with E-state index in [1.807, 2.05) is 0 Å². The SMILES string of the molecule is O=C(O)CCN1C(=O)/C(=C\c2ccc(-c3ccccc3F)o2)SC1=S. The topological polar surface area (TPSA) is 70.8 Å². The summed E-state index contributed by atoms with van der Waals surface area (Å²) in [6, 6.07) is 9.48. The molecule has 0 aliphatic carbocycles. The van der Waals surface area contributed by atoms with Crippen LogP contribution in [0.15, 0.2) is 45.7 Å². The van der Waals surface area contributed by atoms with Crippen molar-refractivity contribution in [2.45, 2.75) is 6.42 Å². The molecule has 1 saturated heterocycles. The molecule has 0 radical (unpaired) electrons. The Morgan fingerprint density at radius 2 is 2.08 bits per heavy atom. The number of carbonyl (C=O) groups excluding carboxylic acids is 1. The van der Waals surface area contributed by atoms with Crippen LogP contribution in [0.5, 0.6) is 0 Å². The molecule has 0 bridgehead atoms. The molecule has 25 heavy (non-hydrogen) atoms. The first-order valence-corrected chi connectivity index (χ1v) is 8.50. The summed E-state index contributed by atoms with van der Waals surface area (Å²) in [7, 11) is 0. The first-order valence-electron chi connectivity index (χ1n) is 7.27. The smallest absolute Gasteiger partial charge is 0.305 e. The normalized spacial score (nSPS) is 16.0. The molecular weight excluding hydrogens is 365 g/mol. The Balaban J connectivity index is 1.80. The van der Waals surface area contributed by atoms with Gasteiger partial charge in [0.15, 0.2) is 0 Å². The van der Waals surface area contributed by atoms with Crippen LogP contribution < -0.4 is 0 Å². The van der Waals surface area contributed by atoms with Gasteiger partial charge in [0.2, 0.25) is 0 Å². The number of aliphatic carboxylic acids is 1. The Hall–Kier alpha value is -2.45. The van der Waals surface area contributed by atoms with E-state index in [0.29, 0.717) is 26.3 Å². The molecule has 1 N–H and O–H groups in total. The first kappa shape index (κ1) is 17.4. The van der Waals surface area contributed by atoms with Crippen molar-refractivity contribution < 1.29 is 23.5 Å². The predicted molar refractivity (Wildman–Crippen MR) is 96.2 cm³/mol. The van der Waals surface area contributed by atoms with Gasteiger partial charge >= 0.3 is 5.97 Å². The zero-order valence-electron chi connectivity index (χ0n) is 12.8. The van der Waals surface area contributed by atoms with E-state index >= 15 is 0 Å². The lowest BCUT2D eigenvalue weighted by atomic mass is 10.1. The number of amides is 1. The van der Waals surface area contributed by atoms with Gasteiger partial charge < -0.3 is 9.52 Å². The predicted octanol–water partition coefficient (Wildman–Crippen LogP) is 3.76. The lowest BCUT2D eigenvalue weighted by Gasteiger charge is -2.12. The Kier molecular flexibility index (Phi) is 5.00. The van der Waals surface area contributed by atoms with Crippen LogP contribution in [0.2, 0.25) is 0 Å². The fourth-order valence-corrected chi connectivity index (χ4v) is 3.55. The molecule has 1 amide bonds. The maximum Gasteiger partial charge on any atom is 0.305 e. The minimum absolute atomic E-state index is 0.0238. The highest BCUT2D eigenvalue weighted by atomic mass is 32.2. The van der Waals surface area contributed by atoms with Gasteiger partial charge in [-0.25, -0.2) is 4.39 Å². The van der Waals surface area contributed by atoms with E-state index in [1.165, 1.54) is 17.0 Å². The molecule has 8 heteroatoms. The van der Waals surface area contributed by atoms with E-state index in [-0.39, 0.29) is 18.9 Å². The zero-order valence-corrected chi connectivity index (χ0v) is 14.4. The fraction of sp³-hybridized carbons (Fsp3) is 0.118. The second-order valence-corrected chi connectivity index (χ2v) is 6.83. The Labute approximate surface area is 152 Å². The molecule has 2 heterocycles. The number of halogens is 1. The van der Waals surface area contributed by atoms with Crippen molar-refractivity contribution in [1.29, 1.82) is 0 Å². The van der Waals surface area contributed by atoms with E-state index in [2.05, 4.69) is 0 Å². The van der Waals surface area contributed by atoms with Crippen LogP contribution in [-0.4, -0.2) is 32.7 Å². The van der Waals surface area contributed by atoms with Gasteiger partial charge in [-0.2, -0.15) is 0 Å². The highest BCUT2D eigenvalue weighted by molar-refractivity contribution is 8.26. The summed E-state index contributed by atoms with van der Waals surface area (Å²) >= 11 is 6.19. The molecular formula is C17H12FNO4S2. The van der Waals surface area contributed by atoms with Gasteiger partial charge in [-0.15, -0.1) is 0 Å². The number of rotatable bonds is 5. The molecule has 0 spiro atoms. The van der Waals surface area contributed by atoms with Crippen LogP contribution in [0.1, 0.15) is 12.2 Å².